The lowest BCUT2D eigenvalue weighted by Gasteiger charge is -2.29. The lowest BCUT2D eigenvalue weighted by Crippen LogP contribution is -2.37. The number of aryl methyl sites for hydroxylation is 1. The van der Waals surface area contributed by atoms with Gasteiger partial charge in [-0.15, -0.1) is 0 Å². The molecule has 1 aliphatic rings. The lowest BCUT2D eigenvalue weighted by molar-refractivity contribution is 0.0998. The number of hydrogen-bond acceptors (Lipinski definition) is 4. The molecular weight excluding hydrogens is 442 g/mol. The normalized spacial score (nSPS) is 16.8. The third-order valence-corrected chi connectivity index (χ3v) is 9.19. The van der Waals surface area contributed by atoms with Crippen LogP contribution in [0.1, 0.15) is 55.5 Å². The van der Waals surface area contributed by atoms with Crippen LogP contribution < -0.4 is 4.80 Å². The molecule has 8 heteroatoms. The first kappa shape index (κ1) is 22.9. The highest BCUT2D eigenvalue weighted by atomic mass is 32.2. The van der Waals surface area contributed by atoms with E-state index in [1.54, 1.807) is 12.1 Å². The zero-order valence-corrected chi connectivity index (χ0v) is 20.5. The number of carbonyl (C=O) groups is 1. The van der Waals surface area contributed by atoms with Crippen LogP contribution in [0.2, 0.25) is 0 Å². The second kappa shape index (κ2) is 8.92. The highest BCUT2D eigenvalue weighted by Crippen LogP contribution is 2.25. The summed E-state index contributed by atoms with van der Waals surface area (Å²) in [5.41, 5.74) is 2.65. The molecule has 0 spiro atoms. The number of sulfonamides is 1. The second-order valence-corrected chi connectivity index (χ2v) is 11.8. The van der Waals surface area contributed by atoms with Crippen molar-refractivity contribution in [3.63, 3.8) is 0 Å². The fourth-order valence-corrected chi connectivity index (χ4v) is 6.45. The number of aromatic nitrogens is 1. The van der Waals surface area contributed by atoms with Crippen LogP contribution in [0.4, 0.5) is 0 Å². The van der Waals surface area contributed by atoms with Crippen LogP contribution in [-0.2, 0) is 17.1 Å². The first-order valence-corrected chi connectivity index (χ1v) is 13.2. The van der Waals surface area contributed by atoms with E-state index in [1.165, 1.54) is 33.3 Å². The molecule has 0 radical (unpaired) electrons. The van der Waals surface area contributed by atoms with Gasteiger partial charge in [-0.3, -0.25) is 4.79 Å². The molecule has 1 aliphatic heterocycles. The maximum Gasteiger partial charge on any atom is 0.279 e. The number of nitrogens with zero attached hydrogens (tertiary/aromatic N) is 3. The monoisotopic (exact) mass is 471 g/mol. The van der Waals surface area contributed by atoms with E-state index in [9.17, 15) is 13.2 Å². The minimum absolute atomic E-state index is 0.220. The molecule has 3 aromatic rings. The average molecular weight is 472 g/mol. The molecular formula is C24H29N3O3S2. The second-order valence-electron chi connectivity index (χ2n) is 8.85. The summed E-state index contributed by atoms with van der Waals surface area (Å²) in [5.74, 6) is 0.596. The summed E-state index contributed by atoms with van der Waals surface area (Å²) in [6.07, 6.45) is 1.75. The molecule has 0 saturated carbocycles. The van der Waals surface area contributed by atoms with Crippen molar-refractivity contribution in [2.45, 2.75) is 44.4 Å². The molecule has 0 aliphatic carbocycles. The molecule has 1 amide bonds. The van der Waals surface area contributed by atoms with Crippen LogP contribution in [-0.4, -0.2) is 36.3 Å². The van der Waals surface area contributed by atoms with Gasteiger partial charge in [0.2, 0.25) is 10.0 Å². The van der Waals surface area contributed by atoms with Crippen molar-refractivity contribution in [1.29, 1.82) is 0 Å². The Labute approximate surface area is 193 Å². The number of thiazole rings is 1. The number of amides is 1. The Kier molecular flexibility index (Phi) is 6.38. The summed E-state index contributed by atoms with van der Waals surface area (Å²) in [7, 11) is -1.63. The summed E-state index contributed by atoms with van der Waals surface area (Å²) in [6, 6.07) is 12.4. The Balaban J connectivity index is 1.59. The van der Waals surface area contributed by atoms with E-state index < -0.39 is 10.0 Å². The van der Waals surface area contributed by atoms with E-state index in [-0.39, 0.29) is 10.8 Å². The molecule has 6 nitrogen and oxygen atoms in total. The summed E-state index contributed by atoms with van der Waals surface area (Å²) in [5, 5.41) is 0. The van der Waals surface area contributed by atoms with Gasteiger partial charge in [0.25, 0.3) is 5.91 Å². The van der Waals surface area contributed by atoms with Crippen LogP contribution >= 0.6 is 11.3 Å². The minimum Gasteiger partial charge on any atom is -0.319 e. The van der Waals surface area contributed by atoms with Gasteiger partial charge in [0.15, 0.2) is 4.80 Å². The first-order valence-electron chi connectivity index (χ1n) is 11.0. The van der Waals surface area contributed by atoms with Crippen LogP contribution in [0.3, 0.4) is 0 Å². The van der Waals surface area contributed by atoms with Gasteiger partial charge >= 0.3 is 0 Å². The number of fused-ring (bicyclic) bond motifs is 1. The summed E-state index contributed by atoms with van der Waals surface area (Å²) in [4.78, 5) is 17.9. The highest BCUT2D eigenvalue weighted by molar-refractivity contribution is 7.89. The number of hydrogen-bond donors (Lipinski definition) is 0. The molecule has 0 atom stereocenters. The van der Waals surface area contributed by atoms with Crippen molar-refractivity contribution in [2.24, 2.45) is 18.0 Å². The van der Waals surface area contributed by atoms with Gasteiger partial charge in [0.05, 0.1) is 15.1 Å². The van der Waals surface area contributed by atoms with Crippen molar-refractivity contribution in [3.05, 3.63) is 58.4 Å². The SMILES string of the molecule is CC1CCN(S(=O)(=O)c2ccc(C(=O)N=c3sc4cc(C(C)C)ccc4n3C)cc2)CC1. The summed E-state index contributed by atoms with van der Waals surface area (Å²) < 4.78 is 30.3. The van der Waals surface area contributed by atoms with E-state index >= 15 is 0 Å². The third-order valence-electron chi connectivity index (χ3n) is 6.18. The Morgan fingerprint density at radius 1 is 1.09 bits per heavy atom. The van der Waals surface area contributed by atoms with Gasteiger partial charge in [-0.25, -0.2) is 8.42 Å². The molecule has 32 heavy (non-hydrogen) atoms. The van der Waals surface area contributed by atoms with Gasteiger partial charge in [0, 0.05) is 25.7 Å². The molecule has 0 N–H and O–H groups in total. The molecule has 0 bridgehead atoms. The fraction of sp³-hybridized carbons (Fsp3) is 0.417. The van der Waals surface area contributed by atoms with Crippen molar-refractivity contribution >= 4 is 37.5 Å². The Bertz CT molecular complexity index is 1310. The molecule has 0 unspecified atom stereocenters. The van der Waals surface area contributed by atoms with E-state index in [1.807, 2.05) is 11.6 Å². The Morgan fingerprint density at radius 2 is 1.75 bits per heavy atom. The largest absolute Gasteiger partial charge is 0.319 e. The predicted molar refractivity (Wildman–Crippen MR) is 128 cm³/mol. The maximum atomic E-state index is 12.9. The number of piperidine rings is 1. The van der Waals surface area contributed by atoms with E-state index in [0.717, 1.165) is 23.1 Å². The molecule has 2 aromatic carbocycles. The maximum absolute atomic E-state index is 12.9. The molecule has 4 rings (SSSR count). The van der Waals surface area contributed by atoms with Crippen LogP contribution in [0, 0.1) is 5.92 Å². The molecule has 170 valence electrons. The van der Waals surface area contributed by atoms with Crippen molar-refractivity contribution in [2.75, 3.05) is 13.1 Å². The van der Waals surface area contributed by atoms with Gasteiger partial charge in [-0.05, 0) is 66.6 Å². The quantitative estimate of drug-likeness (QED) is 0.561. The van der Waals surface area contributed by atoms with Crippen molar-refractivity contribution in [3.8, 4) is 0 Å². The lowest BCUT2D eigenvalue weighted by atomic mass is 10.0. The predicted octanol–water partition coefficient (Wildman–Crippen LogP) is 4.52. The fourth-order valence-electron chi connectivity index (χ4n) is 3.91. The minimum atomic E-state index is -3.53. The van der Waals surface area contributed by atoms with E-state index in [0.29, 0.717) is 35.3 Å². The first-order chi connectivity index (χ1) is 15.2. The Hall–Kier alpha value is -2.29. The van der Waals surface area contributed by atoms with Crippen molar-refractivity contribution in [1.82, 2.24) is 8.87 Å². The van der Waals surface area contributed by atoms with Gasteiger partial charge in [-0.2, -0.15) is 9.30 Å². The number of benzene rings is 2. The van der Waals surface area contributed by atoms with Crippen LogP contribution in [0.5, 0.6) is 0 Å². The topological polar surface area (TPSA) is 71.7 Å². The summed E-state index contributed by atoms with van der Waals surface area (Å²) in [6.45, 7) is 7.53. The van der Waals surface area contributed by atoms with Gasteiger partial charge in [-0.1, -0.05) is 38.2 Å². The smallest absolute Gasteiger partial charge is 0.279 e. The number of carbonyl (C=O) groups excluding carboxylic acids is 1. The Morgan fingerprint density at radius 3 is 2.38 bits per heavy atom. The number of rotatable bonds is 4. The highest BCUT2D eigenvalue weighted by Gasteiger charge is 2.28. The zero-order chi connectivity index (χ0) is 23.0. The standard InChI is InChI=1S/C24H29N3O3S2/c1-16(2)19-7-10-21-22(15-19)31-24(26(21)4)25-23(28)18-5-8-20(9-6-18)32(29,30)27-13-11-17(3)12-14-27/h5-10,15-17H,11-14H2,1-4H3. The molecule has 2 heterocycles. The van der Waals surface area contributed by atoms with E-state index in [4.69, 9.17) is 0 Å². The van der Waals surface area contributed by atoms with Gasteiger partial charge < -0.3 is 4.57 Å². The van der Waals surface area contributed by atoms with Crippen LogP contribution in [0.15, 0.2) is 52.4 Å². The average Bonchev–Trinajstić information content (AvgIpc) is 3.08. The summed E-state index contributed by atoms with van der Waals surface area (Å²) >= 11 is 1.48. The van der Waals surface area contributed by atoms with E-state index in [2.05, 4.69) is 44.0 Å². The molecule has 1 fully saturated rings. The van der Waals surface area contributed by atoms with Gasteiger partial charge in [0.1, 0.15) is 0 Å². The zero-order valence-electron chi connectivity index (χ0n) is 18.9. The van der Waals surface area contributed by atoms with Crippen LogP contribution in [0.25, 0.3) is 10.2 Å². The molecule has 1 aromatic heterocycles. The van der Waals surface area contributed by atoms with Crippen molar-refractivity contribution < 1.29 is 13.2 Å². The third kappa shape index (κ3) is 4.44. The molecule has 1 saturated heterocycles.